The lowest BCUT2D eigenvalue weighted by atomic mass is 10.0. The van der Waals surface area contributed by atoms with Crippen molar-refractivity contribution in [3.63, 3.8) is 0 Å². The number of aliphatic carboxylic acids is 1. The number of carbonyl (C=O) groups is 2. The minimum Gasteiger partial charge on any atom is -0.489 e. The molecule has 0 saturated heterocycles. The lowest BCUT2D eigenvalue weighted by molar-refractivity contribution is -0.141. The first-order valence-electron chi connectivity index (χ1n) is 8.92. The highest BCUT2D eigenvalue weighted by atomic mass is 16.5. The molecular weight excluding hydrogens is 342 g/mol. The molecule has 0 aliphatic rings. The highest BCUT2D eigenvalue weighted by Crippen LogP contribution is 2.16. The van der Waals surface area contributed by atoms with Crippen LogP contribution in [0.4, 0.5) is 0 Å². The molecule has 0 heterocycles. The minimum absolute atomic E-state index is 0.175. The molecule has 0 spiro atoms. The smallest absolute Gasteiger partial charge is 0.326 e. The first-order chi connectivity index (χ1) is 12.9. The fourth-order valence-electron chi connectivity index (χ4n) is 2.53. The summed E-state index contributed by atoms with van der Waals surface area (Å²) in [6, 6.07) is 16.3. The summed E-state index contributed by atoms with van der Waals surface area (Å²) in [5.41, 5.74) is 1.87. The molecule has 1 unspecified atom stereocenters. The van der Waals surface area contributed by atoms with E-state index in [0.29, 0.717) is 18.8 Å². The van der Waals surface area contributed by atoms with Gasteiger partial charge in [-0.15, -0.1) is 0 Å². The average Bonchev–Trinajstić information content (AvgIpc) is 2.65. The maximum Gasteiger partial charge on any atom is 0.326 e. The molecule has 2 N–H and O–H groups in total. The van der Waals surface area contributed by atoms with E-state index in [0.717, 1.165) is 11.1 Å². The van der Waals surface area contributed by atoms with Gasteiger partial charge < -0.3 is 15.2 Å². The van der Waals surface area contributed by atoms with Crippen LogP contribution in [0.15, 0.2) is 60.7 Å². The van der Waals surface area contributed by atoms with Crippen molar-refractivity contribution in [2.24, 2.45) is 5.92 Å². The van der Waals surface area contributed by atoms with Gasteiger partial charge in [-0.05, 0) is 41.7 Å². The largest absolute Gasteiger partial charge is 0.489 e. The number of ether oxygens (including phenoxy) is 1. The van der Waals surface area contributed by atoms with Gasteiger partial charge in [0.2, 0.25) is 5.91 Å². The topological polar surface area (TPSA) is 75.6 Å². The first kappa shape index (κ1) is 20.2. The predicted molar refractivity (Wildman–Crippen MR) is 105 cm³/mol. The maximum absolute atomic E-state index is 12.0. The van der Waals surface area contributed by atoms with Crippen molar-refractivity contribution in [1.82, 2.24) is 5.32 Å². The average molecular weight is 367 g/mol. The Kier molecular flexibility index (Phi) is 7.62. The zero-order valence-electron chi connectivity index (χ0n) is 15.6. The molecule has 2 aromatic rings. The van der Waals surface area contributed by atoms with Crippen LogP contribution in [0.5, 0.6) is 5.75 Å². The van der Waals surface area contributed by atoms with E-state index >= 15 is 0 Å². The molecule has 0 radical (unpaired) electrons. The van der Waals surface area contributed by atoms with Gasteiger partial charge in [-0.2, -0.15) is 0 Å². The number of hydrogen-bond donors (Lipinski definition) is 2. The fourth-order valence-corrected chi connectivity index (χ4v) is 2.53. The standard InChI is InChI=1S/C22H25NO4/c1-16(2)13-20(22(25)26)23-21(24)12-11-17-9-6-10-19(14-17)27-15-18-7-4-3-5-8-18/h3-12,14,16,20H,13,15H2,1-2H3,(H,23,24)(H,25,26)/b12-11+. The third-order valence-electron chi connectivity index (χ3n) is 3.86. The van der Waals surface area contributed by atoms with Gasteiger partial charge in [0.15, 0.2) is 0 Å². The van der Waals surface area contributed by atoms with Crippen molar-refractivity contribution in [3.05, 3.63) is 71.8 Å². The van der Waals surface area contributed by atoms with Gasteiger partial charge in [0.1, 0.15) is 18.4 Å². The summed E-state index contributed by atoms with van der Waals surface area (Å²) < 4.78 is 5.77. The summed E-state index contributed by atoms with van der Waals surface area (Å²) in [4.78, 5) is 23.2. The van der Waals surface area contributed by atoms with E-state index in [4.69, 9.17) is 4.74 Å². The van der Waals surface area contributed by atoms with Crippen molar-refractivity contribution in [3.8, 4) is 5.75 Å². The quantitative estimate of drug-likeness (QED) is 0.659. The van der Waals surface area contributed by atoms with Crippen LogP contribution in [-0.2, 0) is 16.2 Å². The lowest BCUT2D eigenvalue weighted by Crippen LogP contribution is -2.40. The minimum atomic E-state index is -1.03. The molecule has 5 heteroatoms. The predicted octanol–water partition coefficient (Wildman–Crippen LogP) is 3.89. The van der Waals surface area contributed by atoms with E-state index in [1.54, 1.807) is 6.08 Å². The zero-order valence-corrected chi connectivity index (χ0v) is 15.6. The highest BCUT2D eigenvalue weighted by Gasteiger charge is 2.19. The molecule has 1 atom stereocenters. The van der Waals surface area contributed by atoms with E-state index in [1.807, 2.05) is 68.4 Å². The zero-order chi connectivity index (χ0) is 19.6. The SMILES string of the molecule is CC(C)CC(NC(=O)/C=C/c1cccc(OCc2ccccc2)c1)C(=O)O. The number of carboxylic acid groups (broad SMARTS) is 1. The Hall–Kier alpha value is -3.08. The summed E-state index contributed by atoms with van der Waals surface area (Å²) in [5, 5.41) is 11.7. The molecule has 0 aromatic heterocycles. The van der Waals surface area contributed by atoms with Crippen LogP contribution in [-0.4, -0.2) is 23.0 Å². The fraction of sp³-hybridized carbons (Fsp3) is 0.273. The highest BCUT2D eigenvalue weighted by molar-refractivity contribution is 5.94. The van der Waals surface area contributed by atoms with Gasteiger partial charge in [0.25, 0.3) is 0 Å². The van der Waals surface area contributed by atoms with E-state index in [2.05, 4.69) is 5.32 Å². The molecule has 0 saturated carbocycles. The van der Waals surface area contributed by atoms with Gasteiger partial charge in [0.05, 0.1) is 0 Å². The Balaban J connectivity index is 1.94. The van der Waals surface area contributed by atoms with E-state index < -0.39 is 17.9 Å². The van der Waals surface area contributed by atoms with Gasteiger partial charge in [-0.1, -0.05) is 56.3 Å². The lowest BCUT2D eigenvalue weighted by Gasteiger charge is -2.15. The Morgan fingerprint density at radius 2 is 1.85 bits per heavy atom. The molecule has 1 amide bonds. The Morgan fingerprint density at radius 3 is 2.52 bits per heavy atom. The summed E-state index contributed by atoms with van der Waals surface area (Å²) in [5.74, 6) is -0.584. The molecule has 5 nitrogen and oxygen atoms in total. The third kappa shape index (κ3) is 7.36. The van der Waals surface area contributed by atoms with Gasteiger partial charge in [-0.25, -0.2) is 4.79 Å². The van der Waals surface area contributed by atoms with Crippen LogP contribution in [0.1, 0.15) is 31.4 Å². The van der Waals surface area contributed by atoms with E-state index in [9.17, 15) is 14.7 Å². The summed E-state index contributed by atoms with van der Waals surface area (Å²) >= 11 is 0. The van der Waals surface area contributed by atoms with Crippen molar-refractivity contribution < 1.29 is 19.4 Å². The number of hydrogen-bond acceptors (Lipinski definition) is 3. The summed E-state index contributed by atoms with van der Waals surface area (Å²) in [6.07, 6.45) is 3.36. The second kappa shape index (κ2) is 10.2. The Labute approximate surface area is 159 Å². The number of benzene rings is 2. The molecule has 2 aromatic carbocycles. The number of carboxylic acids is 1. The van der Waals surface area contributed by atoms with Crippen LogP contribution >= 0.6 is 0 Å². The molecule has 142 valence electrons. The van der Waals surface area contributed by atoms with Gasteiger partial charge in [-0.3, -0.25) is 4.79 Å². The monoisotopic (exact) mass is 367 g/mol. The van der Waals surface area contributed by atoms with Crippen LogP contribution in [0.25, 0.3) is 6.08 Å². The van der Waals surface area contributed by atoms with E-state index in [1.165, 1.54) is 6.08 Å². The van der Waals surface area contributed by atoms with Crippen LogP contribution < -0.4 is 10.1 Å². The molecule has 27 heavy (non-hydrogen) atoms. The van der Waals surface area contributed by atoms with Crippen molar-refractivity contribution >= 4 is 18.0 Å². The van der Waals surface area contributed by atoms with Crippen molar-refractivity contribution in [2.75, 3.05) is 0 Å². The number of carbonyl (C=O) groups excluding carboxylic acids is 1. The van der Waals surface area contributed by atoms with Crippen molar-refractivity contribution in [1.29, 1.82) is 0 Å². The molecular formula is C22H25NO4. The second-order valence-electron chi connectivity index (χ2n) is 6.71. The number of nitrogens with one attached hydrogen (secondary N) is 1. The molecule has 0 aliphatic carbocycles. The van der Waals surface area contributed by atoms with Gasteiger partial charge >= 0.3 is 5.97 Å². The van der Waals surface area contributed by atoms with Crippen LogP contribution in [0, 0.1) is 5.92 Å². The first-order valence-corrected chi connectivity index (χ1v) is 8.92. The van der Waals surface area contributed by atoms with Crippen LogP contribution in [0.3, 0.4) is 0 Å². The molecule has 0 fully saturated rings. The normalized spacial score (nSPS) is 12.1. The number of amides is 1. The second-order valence-corrected chi connectivity index (χ2v) is 6.71. The van der Waals surface area contributed by atoms with Crippen molar-refractivity contribution in [2.45, 2.75) is 32.9 Å². The molecule has 0 bridgehead atoms. The van der Waals surface area contributed by atoms with Gasteiger partial charge in [0, 0.05) is 6.08 Å². The summed E-state index contributed by atoms with van der Waals surface area (Å²) in [6.45, 7) is 4.29. The van der Waals surface area contributed by atoms with E-state index in [-0.39, 0.29) is 5.92 Å². The Bertz CT molecular complexity index is 784. The van der Waals surface area contributed by atoms with Crippen LogP contribution in [0.2, 0.25) is 0 Å². The molecule has 2 rings (SSSR count). The molecule has 0 aliphatic heterocycles. The Morgan fingerprint density at radius 1 is 1.11 bits per heavy atom. The summed E-state index contributed by atoms with van der Waals surface area (Å²) in [7, 11) is 0. The third-order valence-corrected chi connectivity index (χ3v) is 3.86. The number of rotatable bonds is 9. The maximum atomic E-state index is 12.0.